The molecule has 0 aromatic carbocycles. The number of hydrogen-bond donors (Lipinski definition) is 3. The van der Waals surface area contributed by atoms with Crippen LogP contribution < -0.4 is 17.2 Å². The lowest BCUT2D eigenvalue weighted by atomic mass is 9.57. The van der Waals surface area contributed by atoms with Gasteiger partial charge in [-0.25, -0.2) is 0 Å². The molecule has 1 rings (SSSR count). The van der Waals surface area contributed by atoms with Gasteiger partial charge in [-0.1, -0.05) is 20.8 Å². The second-order valence-electron chi connectivity index (χ2n) is 5.83. The minimum Gasteiger partial charge on any atom is -0.330 e. The average molecular weight is 199 g/mol. The maximum atomic E-state index is 6.30. The third-order valence-corrected chi connectivity index (χ3v) is 3.96. The van der Waals surface area contributed by atoms with E-state index in [0.29, 0.717) is 12.5 Å². The second-order valence-corrected chi connectivity index (χ2v) is 5.83. The lowest BCUT2D eigenvalue weighted by Gasteiger charge is -2.51. The standard InChI is InChI=1S/C11H25N3/c1-10(2)4-8(6-12)5-11(3,7-13)9(10)14/h8-9H,4-7,12-14H2,1-3H3. The van der Waals surface area contributed by atoms with E-state index < -0.39 is 0 Å². The number of rotatable bonds is 2. The van der Waals surface area contributed by atoms with Gasteiger partial charge in [0.2, 0.25) is 0 Å². The summed E-state index contributed by atoms with van der Waals surface area (Å²) in [6.45, 7) is 8.07. The summed E-state index contributed by atoms with van der Waals surface area (Å²) in [6.07, 6.45) is 2.20. The molecule has 0 spiro atoms. The third kappa shape index (κ3) is 1.95. The van der Waals surface area contributed by atoms with Crippen molar-refractivity contribution in [1.82, 2.24) is 0 Å². The van der Waals surface area contributed by atoms with Gasteiger partial charge in [-0.05, 0) is 42.7 Å². The third-order valence-electron chi connectivity index (χ3n) is 3.96. The van der Waals surface area contributed by atoms with Gasteiger partial charge in [-0.3, -0.25) is 0 Å². The molecule has 0 amide bonds. The molecule has 0 bridgehead atoms. The molecule has 3 atom stereocenters. The van der Waals surface area contributed by atoms with Crippen LogP contribution in [0.1, 0.15) is 33.6 Å². The molecule has 3 nitrogen and oxygen atoms in total. The van der Waals surface area contributed by atoms with Crippen LogP contribution in [0.3, 0.4) is 0 Å². The van der Waals surface area contributed by atoms with Crippen LogP contribution in [-0.2, 0) is 0 Å². The largest absolute Gasteiger partial charge is 0.330 e. The molecule has 14 heavy (non-hydrogen) atoms. The zero-order valence-corrected chi connectivity index (χ0v) is 9.72. The number of hydrogen-bond acceptors (Lipinski definition) is 3. The SMILES string of the molecule is CC1(C)CC(CN)CC(C)(CN)C1N. The topological polar surface area (TPSA) is 78.1 Å². The molecule has 1 aliphatic carbocycles. The first-order valence-corrected chi connectivity index (χ1v) is 5.51. The molecule has 3 heteroatoms. The molecular formula is C11H25N3. The van der Waals surface area contributed by atoms with E-state index in [2.05, 4.69) is 20.8 Å². The molecule has 84 valence electrons. The molecule has 0 heterocycles. The fourth-order valence-electron chi connectivity index (χ4n) is 3.05. The first-order valence-electron chi connectivity index (χ1n) is 5.51. The van der Waals surface area contributed by atoms with E-state index >= 15 is 0 Å². The predicted octanol–water partition coefficient (Wildman–Crippen LogP) is 0.674. The average Bonchev–Trinajstić information content (AvgIpc) is 2.13. The Hall–Kier alpha value is -0.120. The highest BCUT2D eigenvalue weighted by molar-refractivity contribution is 5.01. The van der Waals surface area contributed by atoms with Crippen LogP contribution in [0.15, 0.2) is 0 Å². The summed E-state index contributed by atoms with van der Waals surface area (Å²) in [5.41, 5.74) is 18.1. The van der Waals surface area contributed by atoms with Gasteiger partial charge < -0.3 is 17.2 Å². The zero-order chi connectivity index (χ0) is 11.0. The number of nitrogens with two attached hydrogens (primary N) is 3. The van der Waals surface area contributed by atoms with Crippen LogP contribution in [0.2, 0.25) is 0 Å². The molecule has 0 radical (unpaired) electrons. The molecule has 1 saturated carbocycles. The molecular weight excluding hydrogens is 174 g/mol. The summed E-state index contributed by atoms with van der Waals surface area (Å²) < 4.78 is 0. The predicted molar refractivity (Wildman–Crippen MR) is 60.7 cm³/mol. The fraction of sp³-hybridized carbons (Fsp3) is 1.00. The van der Waals surface area contributed by atoms with Crippen LogP contribution in [0.4, 0.5) is 0 Å². The van der Waals surface area contributed by atoms with E-state index in [9.17, 15) is 0 Å². The summed E-state index contributed by atoms with van der Waals surface area (Å²) in [4.78, 5) is 0. The Morgan fingerprint density at radius 2 is 1.71 bits per heavy atom. The Morgan fingerprint density at radius 1 is 1.14 bits per heavy atom. The van der Waals surface area contributed by atoms with Crippen LogP contribution >= 0.6 is 0 Å². The Kier molecular flexibility index (Phi) is 3.24. The highest BCUT2D eigenvalue weighted by Crippen LogP contribution is 2.46. The van der Waals surface area contributed by atoms with Crippen LogP contribution in [0.5, 0.6) is 0 Å². The molecule has 1 aliphatic rings. The molecule has 6 N–H and O–H groups in total. The quantitative estimate of drug-likeness (QED) is 0.612. The minimum atomic E-state index is 0.0613. The monoisotopic (exact) mass is 199 g/mol. The minimum absolute atomic E-state index is 0.0613. The van der Waals surface area contributed by atoms with E-state index in [-0.39, 0.29) is 16.9 Å². The van der Waals surface area contributed by atoms with Crippen LogP contribution in [0, 0.1) is 16.7 Å². The van der Waals surface area contributed by atoms with E-state index in [1.54, 1.807) is 0 Å². The van der Waals surface area contributed by atoms with Gasteiger partial charge in [0.1, 0.15) is 0 Å². The van der Waals surface area contributed by atoms with Gasteiger partial charge in [0.15, 0.2) is 0 Å². The van der Waals surface area contributed by atoms with Crippen molar-refractivity contribution in [3.05, 3.63) is 0 Å². The van der Waals surface area contributed by atoms with Gasteiger partial charge in [-0.2, -0.15) is 0 Å². The summed E-state index contributed by atoms with van der Waals surface area (Å²) in [5, 5.41) is 0. The summed E-state index contributed by atoms with van der Waals surface area (Å²) in [5.74, 6) is 0.582. The van der Waals surface area contributed by atoms with Crippen molar-refractivity contribution in [1.29, 1.82) is 0 Å². The van der Waals surface area contributed by atoms with Crippen molar-refractivity contribution in [2.75, 3.05) is 13.1 Å². The van der Waals surface area contributed by atoms with E-state index in [4.69, 9.17) is 17.2 Å². The Morgan fingerprint density at radius 3 is 2.14 bits per heavy atom. The van der Waals surface area contributed by atoms with Crippen LogP contribution in [0.25, 0.3) is 0 Å². The van der Waals surface area contributed by atoms with Crippen molar-refractivity contribution in [2.24, 2.45) is 33.9 Å². The summed E-state index contributed by atoms with van der Waals surface area (Å²) >= 11 is 0. The molecule has 0 aromatic rings. The van der Waals surface area contributed by atoms with E-state index in [1.165, 1.54) is 0 Å². The van der Waals surface area contributed by atoms with Crippen LogP contribution in [-0.4, -0.2) is 19.1 Å². The van der Waals surface area contributed by atoms with Crippen molar-refractivity contribution in [3.8, 4) is 0 Å². The molecule has 1 fully saturated rings. The highest BCUT2D eigenvalue weighted by atomic mass is 14.8. The highest BCUT2D eigenvalue weighted by Gasteiger charge is 2.46. The lowest BCUT2D eigenvalue weighted by molar-refractivity contribution is 0.0320. The molecule has 0 aromatic heterocycles. The van der Waals surface area contributed by atoms with Crippen molar-refractivity contribution < 1.29 is 0 Å². The fourth-order valence-corrected chi connectivity index (χ4v) is 3.05. The van der Waals surface area contributed by atoms with E-state index in [1.807, 2.05) is 0 Å². The second kappa shape index (κ2) is 3.80. The first-order chi connectivity index (χ1) is 6.35. The van der Waals surface area contributed by atoms with Gasteiger partial charge in [0, 0.05) is 6.04 Å². The zero-order valence-electron chi connectivity index (χ0n) is 9.72. The Bertz CT molecular complexity index is 203. The Labute approximate surface area is 87.4 Å². The molecule has 3 unspecified atom stereocenters. The van der Waals surface area contributed by atoms with Gasteiger partial charge >= 0.3 is 0 Å². The van der Waals surface area contributed by atoms with Crippen molar-refractivity contribution >= 4 is 0 Å². The van der Waals surface area contributed by atoms with E-state index in [0.717, 1.165) is 19.4 Å². The lowest BCUT2D eigenvalue weighted by Crippen LogP contribution is -2.58. The maximum Gasteiger partial charge on any atom is 0.0157 e. The molecule has 0 saturated heterocycles. The summed E-state index contributed by atoms with van der Waals surface area (Å²) in [7, 11) is 0. The van der Waals surface area contributed by atoms with Gasteiger partial charge in [0.05, 0.1) is 0 Å². The first kappa shape index (κ1) is 12.0. The maximum absolute atomic E-state index is 6.30. The Balaban J connectivity index is 2.87. The van der Waals surface area contributed by atoms with Crippen molar-refractivity contribution in [2.45, 2.75) is 39.7 Å². The van der Waals surface area contributed by atoms with Gasteiger partial charge in [-0.15, -0.1) is 0 Å². The smallest absolute Gasteiger partial charge is 0.0157 e. The van der Waals surface area contributed by atoms with Crippen molar-refractivity contribution in [3.63, 3.8) is 0 Å². The van der Waals surface area contributed by atoms with Gasteiger partial charge in [0.25, 0.3) is 0 Å². The normalized spacial score (nSPS) is 42.4. The summed E-state index contributed by atoms with van der Waals surface area (Å²) in [6, 6.07) is 0.183. The molecule has 0 aliphatic heterocycles.